The maximum Gasteiger partial charge on any atom is 0.280 e. The first-order valence-electron chi connectivity index (χ1n) is 12.0. The molecule has 3 aromatic heterocycles. The number of aromatic nitrogens is 4. The second-order valence-corrected chi connectivity index (χ2v) is 9.75. The highest BCUT2D eigenvalue weighted by atomic mass is 35.5. The van der Waals surface area contributed by atoms with Crippen LogP contribution >= 0.6 is 11.6 Å². The molecule has 40 heavy (non-hydrogen) atoms. The third kappa shape index (κ3) is 7.14. The van der Waals surface area contributed by atoms with Crippen LogP contribution in [0, 0.1) is 18.6 Å². The summed E-state index contributed by atoms with van der Waals surface area (Å²) in [4.78, 5) is 38.1. The van der Waals surface area contributed by atoms with Crippen LogP contribution in [0.2, 0.25) is 5.02 Å². The molecule has 0 saturated heterocycles. The van der Waals surface area contributed by atoms with Crippen LogP contribution in [0.25, 0.3) is 6.20 Å². The van der Waals surface area contributed by atoms with Crippen molar-refractivity contribution in [3.8, 4) is 5.75 Å². The number of allylic oxidation sites excluding steroid dienone is 1. The average Bonchev–Trinajstić information content (AvgIpc) is 2.87. The van der Waals surface area contributed by atoms with Gasteiger partial charge in [0.15, 0.2) is 5.82 Å². The lowest BCUT2D eigenvalue weighted by atomic mass is 10.1. The van der Waals surface area contributed by atoms with Gasteiger partial charge in [0.05, 0.1) is 12.3 Å². The lowest BCUT2D eigenvalue weighted by molar-refractivity contribution is 0.0719. The number of aliphatic imine (C=N–C) groups is 1. The van der Waals surface area contributed by atoms with E-state index in [1.165, 1.54) is 55.4 Å². The molecule has 0 aliphatic carbocycles. The van der Waals surface area contributed by atoms with Gasteiger partial charge in [0.2, 0.25) is 0 Å². The van der Waals surface area contributed by atoms with Crippen molar-refractivity contribution in [3.05, 3.63) is 103 Å². The fourth-order valence-corrected chi connectivity index (χ4v) is 3.49. The van der Waals surface area contributed by atoms with Gasteiger partial charge in [0.1, 0.15) is 46.0 Å². The summed E-state index contributed by atoms with van der Waals surface area (Å²) in [6.45, 7) is 7.22. The van der Waals surface area contributed by atoms with E-state index >= 15 is 0 Å². The maximum atomic E-state index is 13.9. The number of hydrogen-bond acceptors (Lipinski definition) is 8. The van der Waals surface area contributed by atoms with Crippen molar-refractivity contribution in [1.82, 2.24) is 19.1 Å². The Morgan fingerprint density at radius 3 is 2.58 bits per heavy atom. The topological polar surface area (TPSA) is 132 Å². The van der Waals surface area contributed by atoms with Crippen molar-refractivity contribution in [2.45, 2.75) is 52.9 Å². The Morgan fingerprint density at radius 1 is 1.25 bits per heavy atom. The van der Waals surface area contributed by atoms with E-state index in [1.54, 1.807) is 20.8 Å². The highest BCUT2D eigenvalue weighted by Crippen LogP contribution is 2.23. The smallest absolute Gasteiger partial charge is 0.280 e. The van der Waals surface area contributed by atoms with Gasteiger partial charge in [-0.1, -0.05) is 11.6 Å². The van der Waals surface area contributed by atoms with Crippen LogP contribution in [0.15, 0.2) is 63.2 Å². The second-order valence-electron chi connectivity index (χ2n) is 9.37. The number of rotatable bonds is 8. The molecular weight excluding hydrogens is 548 g/mol. The first-order valence-corrected chi connectivity index (χ1v) is 12.3. The van der Waals surface area contributed by atoms with Crippen LogP contribution in [-0.4, -0.2) is 41.3 Å². The van der Waals surface area contributed by atoms with Crippen LogP contribution in [-0.2, 0) is 12.2 Å². The number of pyridine rings is 2. The van der Waals surface area contributed by atoms with Crippen LogP contribution < -0.4 is 15.9 Å². The summed E-state index contributed by atoms with van der Waals surface area (Å²) in [5.41, 5.74) is -2.30. The summed E-state index contributed by atoms with van der Waals surface area (Å²) in [5.74, 6) is -1.74. The lowest BCUT2D eigenvalue weighted by Crippen LogP contribution is -2.35. The minimum Gasteiger partial charge on any atom is -0.485 e. The van der Waals surface area contributed by atoms with E-state index in [0.717, 1.165) is 10.8 Å². The largest absolute Gasteiger partial charge is 0.485 e. The molecule has 3 heterocycles. The fourth-order valence-electron chi connectivity index (χ4n) is 3.29. The maximum absolute atomic E-state index is 13.9. The van der Waals surface area contributed by atoms with Gasteiger partial charge in [0, 0.05) is 42.6 Å². The molecule has 13 heteroatoms. The second kappa shape index (κ2) is 12.5. The number of nitrogens with zero attached hydrogens (tertiary/aromatic N) is 5. The zero-order chi connectivity index (χ0) is 29.8. The van der Waals surface area contributed by atoms with Gasteiger partial charge in [-0.3, -0.25) is 28.7 Å². The first kappa shape index (κ1) is 30.5. The van der Waals surface area contributed by atoms with Gasteiger partial charge < -0.3 is 14.9 Å². The Balaban J connectivity index is 2.03. The summed E-state index contributed by atoms with van der Waals surface area (Å²) < 4.78 is 34.8. The SMILES string of the molecule is C/C(=C/N=C(/C=C/n1c(C)cc(OCc2ncc(F)cc2F)c(Cl)c1=O)n1ccnc(C(C)(C)O)c1=O)[C@H](C)O. The molecule has 0 fully saturated rings. The summed E-state index contributed by atoms with van der Waals surface area (Å²) in [6, 6.07) is 2.10. The lowest BCUT2D eigenvalue weighted by Gasteiger charge is -2.17. The first-order chi connectivity index (χ1) is 18.7. The predicted octanol–water partition coefficient (Wildman–Crippen LogP) is 3.55. The van der Waals surface area contributed by atoms with E-state index in [0.29, 0.717) is 17.3 Å². The van der Waals surface area contributed by atoms with Crippen LogP contribution in [0.4, 0.5) is 8.78 Å². The Labute approximate surface area is 233 Å². The average molecular weight is 576 g/mol. The van der Waals surface area contributed by atoms with Crippen molar-refractivity contribution in [2.75, 3.05) is 0 Å². The predicted molar refractivity (Wildman–Crippen MR) is 146 cm³/mol. The van der Waals surface area contributed by atoms with Crippen LogP contribution in [0.3, 0.4) is 0 Å². The van der Waals surface area contributed by atoms with E-state index < -0.39 is 41.1 Å². The Bertz CT molecular complexity index is 1620. The minimum absolute atomic E-state index is 0.0381. The Kier molecular flexibility index (Phi) is 9.51. The third-order valence-electron chi connectivity index (χ3n) is 5.69. The van der Waals surface area contributed by atoms with Crippen LogP contribution in [0.1, 0.15) is 44.8 Å². The zero-order valence-electron chi connectivity index (χ0n) is 22.4. The number of hydrogen-bond donors (Lipinski definition) is 2. The Hall–Kier alpha value is -4.00. The molecule has 212 valence electrons. The van der Waals surface area contributed by atoms with E-state index in [2.05, 4.69) is 15.0 Å². The molecule has 10 nitrogen and oxygen atoms in total. The number of halogens is 3. The fraction of sp³-hybridized carbons (Fsp3) is 0.296. The quantitative estimate of drug-likeness (QED) is 0.310. The zero-order valence-corrected chi connectivity index (χ0v) is 23.1. The van der Waals surface area contributed by atoms with E-state index in [1.807, 2.05) is 0 Å². The molecule has 2 N–H and O–H groups in total. The summed E-state index contributed by atoms with van der Waals surface area (Å²) in [5, 5.41) is 19.9. The monoisotopic (exact) mass is 575 g/mol. The summed E-state index contributed by atoms with van der Waals surface area (Å²) >= 11 is 6.24. The number of aliphatic hydroxyl groups is 2. The van der Waals surface area contributed by atoms with Crippen molar-refractivity contribution >= 4 is 23.6 Å². The number of aliphatic hydroxyl groups excluding tert-OH is 1. The molecule has 0 aromatic carbocycles. The summed E-state index contributed by atoms with van der Waals surface area (Å²) in [6.07, 6.45) is 6.76. The molecule has 0 unspecified atom stereocenters. The van der Waals surface area contributed by atoms with E-state index in [9.17, 15) is 28.6 Å². The van der Waals surface area contributed by atoms with Gasteiger partial charge in [-0.05, 0) is 46.3 Å². The molecule has 1 atom stereocenters. The van der Waals surface area contributed by atoms with Crippen molar-refractivity contribution in [2.24, 2.45) is 4.99 Å². The van der Waals surface area contributed by atoms with E-state index in [4.69, 9.17) is 16.3 Å². The molecule has 3 rings (SSSR count). The third-order valence-corrected chi connectivity index (χ3v) is 6.04. The molecule has 0 spiro atoms. The highest BCUT2D eigenvalue weighted by Gasteiger charge is 2.23. The van der Waals surface area contributed by atoms with Crippen molar-refractivity contribution in [3.63, 3.8) is 0 Å². The summed E-state index contributed by atoms with van der Waals surface area (Å²) in [7, 11) is 0. The molecule has 0 aliphatic rings. The van der Waals surface area contributed by atoms with Crippen LogP contribution in [0.5, 0.6) is 5.75 Å². The molecule has 0 radical (unpaired) electrons. The molecular formula is C27H28ClF2N5O5. The molecule has 0 aliphatic heterocycles. The molecule has 0 bridgehead atoms. The molecule has 3 aromatic rings. The standard InChI is InChI=1S/C27H28ClF2N5O5/c1-15(17(3)36)12-33-22(35-9-7-31-24(26(35)38)27(4,5)39)6-8-34-16(2)10-21(23(28)25(34)37)40-14-20-19(30)11-18(29)13-32-20/h6-13,17,36,39H,14H2,1-5H3/b8-6+,15-12-,33-22-/t17-/m0/s1. The van der Waals surface area contributed by atoms with Gasteiger partial charge in [-0.15, -0.1) is 0 Å². The van der Waals surface area contributed by atoms with Gasteiger partial charge in [0.25, 0.3) is 11.1 Å². The van der Waals surface area contributed by atoms with Gasteiger partial charge >= 0.3 is 0 Å². The van der Waals surface area contributed by atoms with Crippen molar-refractivity contribution in [1.29, 1.82) is 0 Å². The van der Waals surface area contributed by atoms with E-state index in [-0.39, 0.29) is 28.0 Å². The Morgan fingerprint density at radius 2 is 1.95 bits per heavy atom. The normalized spacial score (nSPS) is 13.7. The highest BCUT2D eigenvalue weighted by molar-refractivity contribution is 6.31. The van der Waals surface area contributed by atoms with Crippen molar-refractivity contribution < 1.29 is 23.7 Å². The van der Waals surface area contributed by atoms with Gasteiger partial charge in [-0.25, -0.2) is 13.8 Å². The van der Waals surface area contributed by atoms with Gasteiger partial charge in [-0.2, -0.15) is 0 Å². The molecule has 0 saturated carbocycles. The minimum atomic E-state index is -1.54. The molecule has 0 amide bonds. The number of aryl methyl sites for hydroxylation is 1. The number of ether oxygens (including phenoxy) is 1.